The topological polar surface area (TPSA) is 116 Å². The third-order valence-corrected chi connectivity index (χ3v) is 4.78. The molecule has 1 amide bonds. The molecular weight excluding hydrogens is 376 g/mol. The number of carbonyl (C=O) groups is 1. The molecule has 0 radical (unpaired) electrons. The number of carbonyl (C=O) groups excluding carboxylic acids is 1. The van der Waals surface area contributed by atoms with E-state index in [9.17, 15) is 19.2 Å². The van der Waals surface area contributed by atoms with Crippen LogP contribution in [0.2, 0.25) is 0 Å². The number of aromatic nitrogens is 3. The van der Waals surface area contributed by atoms with Crippen LogP contribution < -0.4 is 22.2 Å². The van der Waals surface area contributed by atoms with Crippen molar-refractivity contribution in [3.8, 4) is 0 Å². The average Bonchev–Trinajstić information content (AvgIpc) is 2.71. The first kappa shape index (κ1) is 18.4. The SMILES string of the molecule is Cc1cnc2c(c1NC(=O)c1cc3ccccc3oc1=O)c(=O)n(C)c(=O)n2C. The van der Waals surface area contributed by atoms with E-state index >= 15 is 0 Å². The molecule has 1 N–H and O–H groups in total. The van der Waals surface area contributed by atoms with Crippen molar-refractivity contribution in [2.75, 3.05) is 5.32 Å². The lowest BCUT2D eigenvalue weighted by molar-refractivity contribution is 0.102. The predicted molar refractivity (Wildman–Crippen MR) is 107 cm³/mol. The highest BCUT2D eigenvalue weighted by Gasteiger charge is 2.20. The predicted octanol–water partition coefficient (Wildman–Crippen LogP) is 1.30. The minimum absolute atomic E-state index is 0.0770. The van der Waals surface area contributed by atoms with Gasteiger partial charge in [0, 0.05) is 25.7 Å². The molecule has 146 valence electrons. The van der Waals surface area contributed by atoms with Crippen LogP contribution in [0.3, 0.4) is 0 Å². The Morgan fingerprint density at radius 3 is 2.59 bits per heavy atom. The fraction of sp³-hybridized carbons (Fsp3) is 0.150. The lowest BCUT2D eigenvalue weighted by Gasteiger charge is -2.13. The molecule has 0 aliphatic heterocycles. The number of nitrogens with one attached hydrogen (secondary N) is 1. The maximum atomic E-state index is 12.9. The molecule has 0 bridgehead atoms. The minimum Gasteiger partial charge on any atom is -0.422 e. The number of hydrogen-bond acceptors (Lipinski definition) is 6. The lowest BCUT2D eigenvalue weighted by atomic mass is 10.1. The summed E-state index contributed by atoms with van der Waals surface area (Å²) in [6.07, 6.45) is 1.44. The molecule has 0 saturated carbocycles. The van der Waals surface area contributed by atoms with E-state index in [-0.39, 0.29) is 22.3 Å². The highest BCUT2D eigenvalue weighted by atomic mass is 16.4. The lowest BCUT2D eigenvalue weighted by Crippen LogP contribution is -2.38. The first-order chi connectivity index (χ1) is 13.8. The van der Waals surface area contributed by atoms with Gasteiger partial charge in [-0.2, -0.15) is 0 Å². The van der Waals surface area contributed by atoms with E-state index < -0.39 is 22.8 Å². The molecule has 0 saturated heterocycles. The third kappa shape index (κ3) is 2.83. The Kier molecular flexibility index (Phi) is 4.15. The minimum atomic E-state index is -0.794. The van der Waals surface area contributed by atoms with Gasteiger partial charge in [0.25, 0.3) is 11.5 Å². The van der Waals surface area contributed by atoms with Gasteiger partial charge in [-0.1, -0.05) is 18.2 Å². The maximum Gasteiger partial charge on any atom is 0.349 e. The van der Waals surface area contributed by atoms with Crippen molar-refractivity contribution < 1.29 is 9.21 Å². The number of pyridine rings is 1. The zero-order chi connectivity index (χ0) is 20.9. The molecule has 0 unspecified atom stereocenters. The Morgan fingerprint density at radius 1 is 1.10 bits per heavy atom. The fourth-order valence-electron chi connectivity index (χ4n) is 3.19. The molecule has 29 heavy (non-hydrogen) atoms. The van der Waals surface area contributed by atoms with Crippen LogP contribution in [0.15, 0.2) is 55.3 Å². The highest BCUT2D eigenvalue weighted by Crippen LogP contribution is 2.22. The van der Waals surface area contributed by atoms with Gasteiger partial charge in [0.15, 0.2) is 5.65 Å². The van der Waals surface area contributed by atoms with Crippen molar-refractivity contribution in [2.45, 2.75) is 6.92 Å². The van der Waals surface area contributed by atoms with Crippen molar-refractivity contribution in [1.82, 2.24) is 14.1 Å². The zero-order valence-corrected chi connectivity index (χ0v) is 15.8. The van der Waals surface area contributed by atoms with Gasteiger partial charge in [-0.3, -0.25) is 18.7 Å². The van der Waals surface area contributed by atoms with Crippen LogP contribution in [-0.4, -0.2) is 20.0 Å². The number of anilines is 1. The Labute approximate surface area is 162 Å². The van der Waals surface area contributed by atoms with Crippen LogP contribution in [0.1, 0.15) is 15.9 Å². The summed E-state index contributed by atoms with van der Waals surface area (Å²) < 4.78 is 7.36. The molecule has 4 aromatic rings. The molecular formula is C20H16N4O5. The average molecular weight is 392 g/mol. The highest BCUT2D eigenvalue weighted by molar-refractivity contribution is 6.09. The molecule has 0 fully saturated rings. The van der Waals surface area contributed by atoms with Crippen molar-refractivity contribution in [1.29, 1.82) is 0 Å². The summed E-state index contributed by atoms with van der Waals surface area (Å²) in [6.45, 7) is 1.66. The fourth-order valence-corrected chi connectivity index (χ4v) is 3.19. The second kappa shape index (κ2) is 6.55. The smallest absolute Gasteiger partial charge is 0.349 e. The zero-order valence-electron chi connectivity index (χ0n) is 15.8. The van der Waals surface area contributed by atoms with Crippen molar-refractivity contribution in [3.05, 3.63) is 78.9 Å². The molecule has 4 rings (SSSR count). The Morgan fingerprint density at radius 2 is 1.83 bits per heavy atom. The van der Waals surface area contributed by atoms with E-state index in [1.54, 1.807) is 31.2 Å². The second-order valence-corrected chi connectivity index (χ2v) is 6.66. The molecule has 0 atom stereocenters. The van der Waals surface area contributed by atoms with E-state index in [4.69, 9.17) is 4.42 Å². The molecule has 9 nitrogen and oxygen atoms in total. The van der Waals surface area contributed by atoms with Crippen LogP contribution in [0.5, 0.6) is 0 Å². The molecule has 0 aliphatic carbocycles. The van der Waals surface area contributed by atoms with Gasteiger partial charge in [-0.25, -0.2) is 14.6 Å². The summed E-state index contributed by atoms with van der Waals surface area (Å²) >= 11 is 0. The molecule has 3 heterocycles. The Balaban J connectivity index is 1.91. The number of benzene rings is 1. The Hall–Kier alpha value is -4.01. The summed E-state index contributed by atoms with van der Waals surface area (Å²) in [7, 11) is 2.83. The van der Waals surface area contributed by atoms with Gasteiger partial charge in [-0.05, 0) is 24.6 Å². The first-order valence-corrected chi connectivity index (χ1v) is 8.69. The van der Waals surface area contributed by atoms with E-state index in [0.717, 1.165) is 4.57 Å². The van der Waals surface area contributed by atoms with Crippen LogP contribution >= 0.6 is 0 Å². The molecule has 0 aliphatic rings. The van der Waals surface area contributed by atoms with Gasteiger partial charge >= 0.3 is 11.3 Å². The van der Waals surface area contributed by atoms with Gasteiger partial charge < -0.3 is 9.73 Å². The number of aryl methyl sites for hydroxylation is 2. The third-order valence-electron chi connectivity index (χ3n) is 4.78. The number of amides is 1. The van der Waals surface area contributed by atoms with E-state index in [2.05, 4.69) is 10.3 Å². The number of fused-ring (bicyclic) bond motifs is 2. The standard InChI is InChI=1S/C20H16N4O5/c1-10-9-21-16-14(18(26)24(3)20(28)23(16)2)15(10)22-17(25)12-8-11-6-4-5-7-13(11)29-19(12)27/h4-9H,1-3H3,(H,21,22,25). The maximum absolute atomic E-state index is 12.9. The monoisotopic (exact) mass is 392 g/mol. The van der Waals surface area contributed by atoms with Crippen molar-refractivity contribution in [2.24, 2.45) is 14.1 Å². The van der Waals surface area contributed by atoms with Gasteiger partial charge in [-0.15, -0.1) is 0 Å². The van der Waals surface area contributed by atoms with Crippen LogP contribution in [0.25, 0.3) is 22.0 Å². The van der Waals surface area contributed by atoms with Crippen molar-refractivity contribution in [3.63, 3.8) is 0 Å². The molecule has 0 spiro atoms. The summed E-state index contributed by atoms with van der Waals surface area (Å²) in [6, 6.07) is 8.26. The van der Waals surface area contributed by atoms with Crippen LogP contribution in [0.4, 0.5) is 5.69 Å². The first-order valence-electron chi connectivity index (χ1n) is 8.69. The van der Waals surface area contributed by atoms with Gasteiger partial charge in [0.05, 0.1) is 5.69 Å². The van der Waals surface area contributed by atoms with E-state index in [1.165, 1.54) is 30.9 Å². The molecule has 3 aromatic heterocycles. The van der Waals surface area contributed by atoms with E-state index in [0.29, 0.717) is 16.5 Å². The van der Waals surface area contributed by atoms with Crippen LogP contribution in [0, 0.1) is 6.92 Å². The normalized spacial score (nSPS) is 11.1. The number of hydrogen-bond donors (Lipinski definition) is 1. The quantitative estimate of drug-likeness (QED) is 0.514. The number of nitrogens with zero attached hydrogens (tertiary/aromatic N) is 3. The van der Waals surface area contributed by atoms with E-state index in [1.807, 2.05) is 0 Å². The summed E-state index contributed by atoms with van der Waals surface area (Å²) in [4.78, 5) is 54.2. The number of para-hydroxylation sites is 1. The van der Waals surface area contributed by atoms with Gasteiger partial charge in [0.2, 0.25) is 0 Å². The second-order valence-electron chi connectivity index (χ2n) is 6.66. The van der Waals surface area contributed by atoms with Crippen molar-refractivity contribution >= 4 is 33.6 Å². The summed E-state index contributed by atoms with van der Waals surface area (Å²) in [5, 5.41) is 3.29. The Bertz CT molecular complexity index is 1490. The molecule has 9 heteroatoms. The van der Waals surface area contributed by atoms with Crippen LogP contribution in [-0.2, 0) is 14.1 Å². The molecule has 1 aromatic carbocycles. The van der Waals surface area contributed by atoms with Gasteiger partial charge in [0.1, 0.15) is 16.5 Å². The summed E-state index contributed by atoms with van der Waals surface area (Å²) in [5.74, 6) is -0.726. The number of rotatable bonds is 2. The summed E-state index contributed by atoms with van der Waals surface area (Å²) in [5.41, 5.74) is -0.942. The largest absolute Gasteiger partial charge is 0.422 e.